The fraction of sp³-hybridized carbons (Fsp3) is 0.500. The van der Waals surface area contributed by atoms with E-state index in [1.54, 1.807) is 6.20 Å². The first-order chi connectivity index (χ1) is 7.63. The summed E-state index contributed by atoms with van der Waals surface area (Å²) >= 11 is 5.22. The summed E-state index contributed by atoms with van der Waals surface area (Å²) in [6.45, 7) is 6.30. The Hall–Kier alpha value is -1.16. The number of pyridine rings is 1. The van der Waals surface area contributed by atoms with Crippen molar-refractivity contribution in [3.63, 3.8) is 0 Å². The normalized spacial score (nSPS) is 11.9. The lowest BCUT2D eigenvalue weighted by molar-refractivity contribution is 0.599. The molecule has 0 spiro atoms. The standard InChI is InChI=1S/C12H19N3S/c1-4-6-10(3)14-12(16)15-11-9(2)7-5-8-13-11/h5,7-8,10H,4,6H2,1-3H3,(H2,13,14,15,16). The molecule has 88 valence electrons. The third-order valence-electron chi connectivity index (χ3n) is 2.34. The van der Waals surface area contributed by atoms with Crippen LogP contribution in [0.3, 0.4) is 0 Å². The van der Waals surface area contributed by atoms with E-state index >= 15 is 0 Å². The number of hydrogen-bond donors (Lipinski definition) is 2. The summed E-state index contributed by atoms with van der Waals surface area (Å²) in [6, 6.07) is 4.32. The second-order valence-corrected chi connectivity index (χ2v) is 4.37. The first-order valence-corrected chi connectivity index (χ1v) is 6.03. The van der Waals surface area contributed by atoms with Crippen LogP contribution < -0.4 is 10.6 Å². The van der Waals surface area contributed by atoms with Crippen LogP contribution in [0.15, 0.2) is 18.3 Å². The Morgan fingerprint density at radius 1 is 1.56 bits per heavy atom. The molecule has 1 heterocycles. The van der Waals surface area contributed by atoms with Gasteiger partial charge in [0.25, 0.3) is 0 Å². The van der Waals surface area contributed by atoms with Crippen molar-refractivity contribution in [3.05, 3.63) is 23.9 Å². The zero-order valence-electron chi connectivity index (χ0n) is 10.1. The third kappa shape index (κ3) is 4.14. The fourth-order valence-electron chi connectivity index (χ4n) is 1.49. The van der Waals surface area contributed by atoms with Gasteiger partial charge in [-0.1, -0.05) is 19.4 Å². The molecule has 0 saturated carbocycles. The summed E-state index contributed by atoms with van der Waals surface area (Å²) in [4.78, 5) is 4.23. The van der Waals surface area contributed by atoms with Crippen LogP contribution in [0.4, 0.5) is 5.82 Å². The Labute approximate surface area is 103 Å². The van der Waals surface area contributed by atoms with Crippen molar-refractivity contribution in [3.8, 4) is 0 Å². The van der Waals surface area contributed by atoms with Crippen molar-refractivity contribution >= 4 is 23.1 Å². The van der Waals surface area contributed by atoms with Gasteiger partial charge in [-0.3, -0.25) is 0 Å². The molecule has 16 heavy (non-hydrogen) atoms. The third-order valence-corrected chi connectivity index (χ3v) is 2.56. The largest absolute Gasteiger partial charge is 0.360 e. The van der Waals surface area contributed by atoms with E-state index in [0.29, 0.717) is 11.2 Å². The molecule has 0 aliphatic rings. The molecule has 4 heteroatoms. The molecule has 0 amide bonds. The monoisotopic (exact) mass is 237 g/mol. The molecule has 1 rings (SSSR count). The number of aryl methyl sites for hydroxylation is 1. The molecular weight excluding hydrogens is 218 g/mol. The Kier molecular flexibility index (Phi) is 5.19. The zero-order valence-corrected chi connectivity index (χ0v) is 10.9. The zero-order chi connectivity index (χ0) is 12.0. The Morgan fingerprint density at radius 2 is 2.31 bits per heavy atom. The van der Waals surface area contributed by atoms with Gasteiger partial charge in [0.1, 0.15) is 5.82 Å². The van der Waals surface area contributed by atoms with E-state index in [1.165, 1.54) is 0 Å². The van der Waals surface area contributed by atoms with Crippen molar-refractivity contribution in [1.82, 2.24) is 10.3 Å². The van der Waals surface area contributed by atoms with Crippen LogP contribution in [0, 0.1) is 6.92 Å². The van der Waals surface area contributed by atoms with Crippen molar-refractivity contribution < 1.29 is 0 Å². The van der Waals surface area contributed by atoms with Crippen LogP contribution in [0.5, 0.6) is 0 Å². The smallest absolute Gasteiger partial charge is 0.172 e. The molecule has 0 bridgehead atoms. The maximum absolute atomic E-state index is 5.22. The molecule has 1 aromatic heterocycles. The van der Waals surface area contributed by atoms with E-state index in [-0.39, 0.29) is 0 Å². The van der Waals surface area contributed by atoms with Gasteiger partial charge in [0, 0.05) is 12.2 Å². The van der Waals surface area contributed by atoms with Crippen molar-refractivity contribution in [1.29, 1.82) is 0 Å². The molecule has 0 radical (unpaired) electrons. The summed E-state index contributed by atoms with van der Waals surface area (Å²) < 4.78 is 0. The van der Waals surface area contributed by atoms with E-state index in [4.69, 9.17) is 12.2 Å². The number of aromatic nitrogens is 1. The lowest BCUT2D eigenvalue weighted by Gasteiger charge is -2.16. The van der Waals surface area contributed by atoms with Crippen molar-refractivity contribution in [2.24, 2.45) is 0 Å². The summed E-state index contributed by atoms with van der Waals surface area (Å²) in [6.07, 6.45) is 4.02. The van der Waals surface area contributed by atoms with Gasteiger partial charge in [-0.25, -0.2) is 4.98 Å². The second kappa shape index (κ2) is 6.43. The highest BCUT2D eigenvalue weighted by molar-refractivity contribution is 7.80. The van der Waals surface area contributed by atoms with Crippen LogP contribution >= 0.6 is 12.2 Å². The Morgan fingerprint density at radius 3 is 2.94 bits per heavy atom. The molecule has 1 atom stereocenters. The molecule has 0 aromatic carbocycles. The van der Waals surface area contributed by atoms with Crippen molar-refractivity contribution in [2.45, 2.75) is 39.7 Å². The molecule has 1 unspecified atom stereocenters. The minimum atomic E-state index is 0.397. The highest BCUT2D eigenvalue weighted by Crippen LogP contribution is 2.08. The van der Waals surface area contributed by atoms with E-state index in [2.05, 4.69) is 29.5 Å². The molecule has 0 aliphatic carbocycles. The molecule has 1 aromatic rings. The van der Waals surface area contributed by atoms with Crippen LogP contribution in [-0.4, -0.2) is 16.1 Å². The van der Waals surface area contributed by atoms with Crippen LogP contribution in [-0.2, 0) is 0 Å². The van der Waals surface area contributed by atoms with E-state index in [9.17, 15) is 0 Å². The molecular formula is C12H19N3S. The van der Waals surface area contributed by atoms with Gasteiger partial charge < -0.3 is 10.6 Å². The first kappa shape index (κ1) is 12.9. The van der Waals surface area contributed by atoms with Gasteiger partial charge in [0.2, 0.25) is 0 Å². The molecule has 3 nitrogen and oxygen atoms in total. The maximum atomic E-state index is 5.22. The number of hydrogen-bond acceptors (Lipinski definition) is 2. The fourth-order valence-corrected chi connectivity index (χ4v) is 1.79. The van der Waals surface area contributed by atoms with Gasteiger partial charge in [-0.05, 0) is 44.1 Å². The minimum Gasteiger partial charge on any atom is -0.360 e. The lowest BCUT2D eigenvalue weighted by atomic mass is 10.2. The maximum Gasteiger partial charge on any atom is 0.172 e. The van der Waals surface area contributed by atoms with Crippen LogP contribution in [0.25, 0.3) is 0 Å². The topological polar surface area (TPSA) is 37.0 Å². The number of anilines is 1. The van der Waals surface area contributed by atoms with Crippen LogP contribution in [0.2, 0.25) is 0 Å². The first-order valence-electron chi connectivity index (χ1n) is 5.62. The number of nitrogens with zero attached hydrogens (tertiary/aromatic N) is 1. The average Bonchev–Trinajstić information content (AvgIpc) is 2.21. The van der Waals surface area contributed by atoms with Crippen molar-refractivity contribution in [2.75, 3.05) is 5.32 Å². The van der Waals surface area contributed by atoms with Gasteiger partial charge in [-0.15, -0.1) is 0 Å². The van der Waals surface area contributed by atoms with E-state index in [0.717, 1.165) is 24.2 Å². The van der Waals surface area contributed by atoms with Gasteiger partial charge in [-0.2, -0.15) is 0 Å². The predicted octanol–water partition coefficient (Wildman–Crippen LogP) is 2.87. The minimum absolute atomic E-state index is 0.397. The average molecular weight is 237 g/mol. The van der Waals surface area contributed by atoms with Crippen LogP contribution in [0.1, 0.15) is 32.3 Å². The molecule has 0 aliphatic heterocycles. The Balaban J connectivity index is 2.49. The summed E-state index contributed by atoms with van der Waals surface area (Å²) in [7, 11) is 0. The van der Waals surface area contributed by atoms with E-state index < -0.39 is 0 Å². The summed E-state index contributed by atoms with van der Waals surface area (Å²) in [5.74, 6) is 0.823. The quantitative estimate of drug-likeness (QED) is 0.790. The van der Waals surface area contributed by atoms with E-state index in [1.807, 2.05) is 19.1 Å². The number of nitrogens with one attached hydrogen (secondary N) is 2. The highest BCUT2D eigenvalue weighted by atomic mass is 32.1. The second-order valence-electron chi connectivity index (χ2n) is 3.96. The van der Waals surface area contributed by atoms with Gasteiger partial charge in [0.05, 0.1) is 0 Å². The molecule has 0 saturated heterocycles. The predicted molar refractivity (Wildman–Crippen MR) is 72.7 cm³/mol. The van der Waals surface area contributed by atoms with Gasteiger partial charge in [0.15, 0.2) is 5.11 Å². The summed E-state index contributed by atoms with van der Waals surface area (Å²) in [5, 5.41) is 6.99. The van der Waals surface area contributed by atoms with Gasteiger partial charge >= 0.3 is 0 Å². The summed E-state index contributed by atoms with van der Waals surface area (Å²) in [5.41, 5.74) is 1.09. The lowest BCUT2D eigenvalue weighted by Crippen LogP contribution is -2.36. The number of thiocarbonyl (C=S) groups is 1. The molecule has 2 N–H and O–H groups in total. The number of rotatable bonds is 4. The highest BCUT2D eigenvalue weighted by Gasteiger charge is 2.04. The Bertz CT molecular complexity index is 352. The SMILES string of the molecule is CCCC(C)NC(=S)Nc1ncccc1C. The molecule has 0 fully saturated rings.